The van der Waals surface area contributed by atoms with Crippen LogP contribution in [0.15, 0.2) is 77.3 Å². The van der Waals surface area contributed by atoms with Crippen LogP contribution in [0.1, 0.15) is 29.8 Å². The van der Waals surface area contributed by atoms with Crippen molar-refractivity contribution < 1.29 is 22.7 Å². The minimum absolute atomic E-state index is 0.0578. The highest BCUT2D eigenvalue weighted by atomic mass is 79.9. The Morgan fingerprint density at radius 3 is 2.44 bits per heavy atom. The molecule has 1 N–H and O–H groups in total. The van der Waals surface area contributed by atoms with E-state index in [0.29, 0.717) is 28.0 Å². The lowest BCUT2D eigenvalue weighted by Crippen LogP contribution is -2.12. The molecule has 4 aromatic rings. The highest BCUT2D eigenvalue weighted by Crippen LogP contribution is 2.33. The minimum Gasteiger partial charge on any atom is -0.462 e. The summed E-state index contributed by atoms with van der Waals surface area (Å²) in [4.78, 5) is 17.0. The number of nitrogens with one attached hydrogen (secondary N) is 1. The summed E-state index contributed by atoms with van der Waals surface area (Å²) in [6, 6.07) is 18.7. The fourth-order valence-corrected chi connectivity index (χ4v) is 3.79. The highest BCUT2D eigenvalue weighted by Gasteiger charge is 2.31. The van der Waals surface area contributed by atoms with Gasteiger partial charge in [0.15, 0.2) is 5.82 Å². The Balaban J connectivity index is 1.66. The zero-order chi connectivity index (χ0) is 25.9. The first-order valence-corrected chi connectivity index (χ1v) is 11.8. The summed E-state index contributed by atoms with van der Waals surface area (Å²) in [5.74, 6) is 0.122. The van der Waals surface area contributed by atoms with E-state index in [0.717, 1.165) is 12.1 Å². The number of benzene rings is 3. The van der Waals surface area contributed by atoms with Gasteiger partial charge in [0.25, 0.3) is 5.91 Å². The summed E-state index contributed by atoms with van der Waals surface area (Å²) in [6.07, 6.45) is -4.49. The van der Waals surface area contributed by atoms with E-state index in [1.165, 1.54) is 16.8 Å². The maximum absolute atomic E-state index is 13.3. The van der Waals surface area contributed by atoms with Crippen molar-refractivity contribution in [3.05, 3.63) is 88.4 Å². The molecule has 186 valence electrons. The number of carbonyl (C=O) groups is 1. The molecule has 0 spiro atoms. The Labute approximate surface area is 214 Å². The molecule has 0 fully saturated rings. The number of anilines is 1. The lowest BCUT2D eigenvalue weighted by atomic mass is 10.1. The van der Waals surface area contributed by atoms with E-state index in [1.807, 2.05) is 19.9 Å². The third kappa shape index (κ3) is 5.93. The number of hydrogen-bond acceptors (Lipinski definition) is 4. The van der Waals surface area contributed by atoms with Gasteiger partial charge >= 0.3 is 12.2 Å². The van der Waals surface area contributed by atoms with Gasteiger partial charge in [-0.2, -0.15) is 18.2 Å². The molecule has 0 bridgehead atoms. The Kier molecular flexibility index (Phi) is 7.44. The summed E-state index contributed by atoms with van der Waals surface area (Å²) < 4.78 is 47.7. The first-order chi connectivity index (χ1) is 17.1. The normalized spacial score (nSPS) is 11.5. The molecule has 6 nitrogen and oxygen atoms in total. The average molecular weight is 559 g/mol. The second kappa shape index (κ2) is 10.5. The number of ether oxygens (including phenoxy) is 1. The third-order valence-corrected chi connectivity index (χ3v) is 5.76. The second-order valence-electron chi connectivity index (χ2n) is 8.39. The summed E-state index contributed by atoms with van der Waals surface area (Å²) in [5.41, 5.74) is 1.01. The maximum atomic E-state index is 13.3. The number of carbonyl (C=O) groups excluding carboxylic acids is 1. The van der Waals surface area contributed by atoms with Crippen molar-refractivity contribution in [1.29, 1.82) is 0 Å². The lowest BCUT2D eigenvalue weighted by Gasteiger charge is -2.11. The molecule has 0 saturated heterocycles. The van der Waals surface area contributed by atoms with Crippen LogP contribution in [0.3, 0.4) is 0 Å². The van der Waals surface area contributed by atoms with Crippen molar-refractivity contribution in [1.82, 2.24) is 14.8 Å². The minimum atomic E-state index is -4.49. The van der Waals surface area contributed by atoms with Crippen molar-refractivity contribution in [2.45, 2.75) is 20.0 Å². The molecule has 0 aliphatic carbocycles. The fraction of sp³-hybridized carbons (Fsp3) is 0.192. The van der Waals surface area contributed by atoms with Gasteiger partial charge in [0.2, 0.25) is 0 Å². The van der Waals surface area contributed by atoms with Crippen molar-refractivity contribution in [3.8, 4) is 23.1 Å². The molecule has 36 heavy (non-hydrogen) atoms. The van der Waals surface area contributed by atoms with Gasteiger partial charge in [-0.05, 0) is 70.4 Å². The molecule has 10 heteroatoms. The van der Waals surface area contributed by atoms with Gasteiger partial charge in [-0.25, -0.2) is 4.68 Å². The highest BCUT2D eigenvalue weighted by molar-refractivity contribution is 9.10. The number of nitrogens with zero attached hydrogens (tertiary/aromatic N) is 3. The summed E-state index contributed by atoms with van der Waals surface area (Å²) in [6.45, 7) is 4.28. The topological polar surface area (TPSA) is 69.0 Å². The molecular formula is C26H22BrF3N4O2. The van der Waals surface area contributed by atoms with Gasteiger partial charge in [-0.3, -0.25) is 4.79 Å². The molecule has 1 aromatic heterocycles. The van der Waals surface area contributed by atoms with E-state index in [2.05, 4.69) is 31.3 Å². The van der Waals surface area contributed by atoms with E-state index in [-0.39, 0.29) is 29.2 Å². The van der Waals surface area contributed by atoms with Crippen molar-refractivity contribution in [2.24, 2.45) is 5.92 Å². The summed E-state index contributed by atoms with van der Waals surface area (Å²) >= 11 is 3.36. The number of alkyl halides is 3. The largest absolute Gasteiger partial charge is 0.462 e. The molecule has 0 aliphatic heterocycles. The molecule has 0 atom stereocenters. The zero-order valence-electron chi connectivity index (χ0n) is 19.4. The van der Waals surface area contributed by atoms with Gasteiger partial charge in [-0.15, -0.1) is 5.10 Å². The summed E-state index contributed by atoms with van der Waals surface area (Å²) in [7, 11) is 0. The van der Waals surface area contributed by atoms with E-state index >= 15 is 0 Å². The smallest absolute Gasteiger partial charge is 0.416 e. The quantitative estimate of drug-likeness (QED) is 0.265. The van der Waals surface area contributed by atoms with Crippen LogP contribution in [0.5, 0.6) is 6.01 Å². The van der Waals surface area contributed by atoms with Crippen LogP contribution in [0.2, 0.25) is 0 Å². The van der Waals surface area contributed by atoms with E-state index in [9.17, 15) is 18.0 Å². The van der Waals surface area contributed by atoms with E-state index in [4.69, 9.17) is 4.74 Å². The predicted molar refractivity (Wildman–Crippen MR) is 134 cm³/mol. The summed E-state index contributed by atoms with van der Waals surface area (Å²) in [5, 5.41) is 7.20. The van der Waals surface area contributed by atoms with Crippen LogP contribution in [-0.4, -0.2) is 27.3 Å². The number of rotatable bonds is 7. The monoisotopic (exact) mass is 558 g/mol. The fourth-order valence-electron chi connectivity index (χ4n) is 3.33. The van der Waals surface area contributed by atoms with Crippen LogP contribution in [0, 0.1) is 5.92 Å². The molecule has 0 saturated carbocycles. The zero-order valence-corrected chi connectivity index (χ0v) is 21.0. The number of aromatic nitrogens is 3. The Morgan fingerprint density at radius 1 is 1.06 bits per heavy atom. The first-order valence-electron chi connectivity index (χ1n) is 11.1. The SMILES string of the molecule is CC(C)COc1nc(-c2cccc(C(F)(F)F)c2)n(-c2ccc(NC(=O)c3ccccc3Br)cc2)n1. The van der Waals surface area contributed by atoms with E-state index < -0.39 is 11.7 Å². The Hall–Kier alpha value is -3.66. The molecule has 0 aliphatic rings. The van der Waals surface area contributed by atoms with Crippen LogP contribution in [-0.2, 0) is 6.18 Å². The number of amides is 1. The Bertz CT molecular complexity index is 1370. The maximum Gasteiger partial charge on any atom is 0.416 e. The van der Waals surface area contributed by atoms with Crippen molar-refractivity contribution >= 4 is 27.5 Å². The number of hydrogen-bond donors (Lipinski definition) is 1. The second-order valence-corrected chi connectivity index (χ2v) is 9.25. The molecular weight excluding hydrogens is 537 g/mol. The lowest BCUT2D eigenvalue weighted by molar-refractivity contribution is -0.137. The van der Waals surface area contributed by atoms with Crippen LogP contribution in [0.4, 0.5) is 18.9 Å². The van der Waals surface area contributed by atoms with Crippen molar-refractivity contribution in [3.63, 3.8) is 0 Å². The van der Waals surface area contributed by atoms with Gasteiger partial charge in [0.1, 0.15) is 0 Å². The van der Waals surface area contributed by atoms with Crippen LogP contribution in [0.25, 0.3) is 17.1 Å². The molecule has 1 heterocycles. The molecule has 1 amide bonds. The van der Waals surface area contributed by atoms with E-state index in [1.54, 1.807) is 42.5 Å². The number of halogens is 4. The van der Waals surface area contributed by atoms with Crippen molar-refractivity contribution in [2.75, 3.05) is 11.9 Å². The molecule has 0 unspecified atom stereocenters. The van der Waals surface area contributed by atoms with Gasteiger partial charge < -0.3 is 10.1 Å². The standard InChI is InChI=1S/C26H22BrF3N4O2/c1-16(2)15-36-25-32-23(17-6-5-7-18(14-17)26(28,29)30)34(33-25)20-12-10-19(11-13-20)31-24(35)21-8-3-4-9-22(21)27/h3-14,16H,15H2,1-2H3,(H,31,35). The molecule has 0 radical (unpaired) electrons. The average Bonchev–Trinajstić information content (AvgIpc) is 3.27. The molecule has 3 aromatic carbocycles. The Morgan fingerprint density at radius 2 is 1.78 bits per heavy atom. The predicted octanol–water partition coefficient (Wildman–Crippen LogP) is 7.00. The van der Waals surface area contributed by atoms with Gasteiger partial charge in [0.05, 0.1) is 23.4 Å². The van der Waals surface area contributed by atoms with Gasteiger partial charge in [-0.1, -0.05) is 38.1 Å². The van der Waals surface area contributed by atoms with Crippen LogP contribution < -0.4 is 10.1 Å². The van der Waals surface area contributed by atoms with Crippen LogP contribution >= 0.6 is 15.9 Å². The third-order valence-electron chi connectivity index (χ3n) is 5.07. The molecule has 4 rings (SSSR count). The first kappa shape index (κ1) is 25.4. The van der Waals surface area contributed by atoms with Gasteiger partial charge in [0, 0.05) is 15.7 Å².